The van der Waals surface area contributed by atoms with Gasteiger partial charge in [-0.15, -0.1) is 0 Å². The number of allylic oxidation sites excluding steroid dienone is 27. The van der Waals surface area contributed by atoms with E-state index in [4.69, 9.17) is 9.05 Å². The molecule has 2 N–H and O–H groups in total. The summed E-state index contributed by atoms with van der Waals surface area (Å²) in [5, 5.41) is 13.9. The van der Waals surface area contributed by atoms with Crippen LogP contribution < -0.4 is 10.2 Å². The van der Waals surface area contributed by atoms with Crippen LogP contribution in [-0.2, 0) is 18.4 Å². The van der Waals surface area contributed by atoms with E-state index in [0.717, 1.165) is 128 Å². The predicted molar refractivity (Wildman–Crippen MR) is 370 cm³/mol. The van der Waals surface area contributed by atoms with E-state index in [0.29, 0.717) is 17.4 Å². The summed E-state index contributed by atoms with van der Waals surface area (Å²) in [6.45, 7) is 4.49. The molecule has 0 aromatic rings. The molecule has 0 aromatic carbocycles. The number of unbranched alkanes of at least 4 members (excludes halogenated alkanes) is 21. The Morgan fingerprint density at radius 1 is 0.424 bits per heavy atom. The molecule has 0 saturated carbocycles. The Morgan fingerprint density at radius 3 is 1.09 bits per heavy atom. The molecule has 0 saturated heterocycles. The highest BCUT2D eigenvalue weighted by atomic mass is 31.2. The number of carbonyl (C=O) groups is 1. The number of rotatable bonds is 60. The van der Waals surface area contributed by atoms with Crippen LogP contribution in [0.2, 0.25) is 0 Å². The average Bonchev–Trinajstić information content (AvgIpc) is 3.48. The van der Waals surface area contributed by atoms with Gasteiger partial charge in [0, 0.05) is 6.42 Å². The zero-order valence-corrected chi connectivity index (χ0v) is 55.9. The number of phosphoric acid groups is 1. The van der Waals surface area contributed by atoms with Crippen molar-refractivity contribution in [2.75, 3.05) is 40.9 Å². The summed E-state index contributed by atoms with van der Waals surface area (Å²) < 4.78 is 23.4. The second kappa shape index (κ2) is 64.3. The van der Waals surface area contributed by atoms with Crippen molar-refractivity contribution >= 4 is 13.7 Å². The maximum atomic E-state index is 13.0. The highest BCUT2D eigenvalue weighted by molar-refractivity contribution is 7.45. The Hall–Kier alpha value is -4.14. The van der Waals surface area contributed by atoms with Gasteiger partial charge in [-0.05, 0) is 128 Å². The first-order valence-electron chi connectivity index (χ1n) is 34.0. The van der Waals surface area contributed by atoms with E-state index < -0.39 is 26.6 Å². The number of likely N-dealkylation sites (N-methyl/N-ethyl adjacent to an activating group) is 1. The van der Waals surface area contributed by atoms with Crippen molar-refractivity contribution in [3.63, 3.8) is 0 Å². The van der Waals surface area contributed by atoms with Crippen molar-refractivity contribution < 1.29 is 32.9 Å². The van der Waals surface area contributed by atoms with E-state index >= 15 is 0 Å². The number of aliphatic hydroxyl groups excluding tert-OH is 1. The Labute approximate surface area is 524 Å². The van der Waals surface area contributed by atoms with Crippen molar-refractivity contribution in [2.24, 2.45) is 0 Å². The molecular weight excluding hydrogens is 1070 g/mol. The topological polar surface area (TPSA) is 108 Å². The van der Waals surface area contributed by atoms with Crippen LogP contribution in [0, 0.1) is 0 Å². The summed E-state index contributed by atoms with van der Waals surface area (Å²) in [7, 11) is 1.21. The van der Waals surface area contributed by atoms with E-state index in [1.807, 2.05) is 27.2 Å². The molecule has 9 heteroatoms. The van der Waals surface area contributed by atoms with Gasteiger partial charge in [0.1, 0.15) is 13.2 Å². The van der Waals surface area contributed by atoms with Crippen LogP contribution >= 0.6 is 7.82 Å². The van der Waals surface area contributed by atoms with Crippen LogP contribution in [0.1, 0.15) is 251 Å². The van der Waals surface area contributed by atoms with Crippen molar-refractivity contribution in [3.8, 4) is 0 Å². The highest BCUT2D eigenvalue weighted by Crippen LogP contribution is 2.38. The molecular formula is C76H127N2O6P. The lowest BCUT2D eigenvalue weighted by atomic mass is 10.0. The molecule has 0 aliphatic rings. The largest absolute Gasteiger partial charge is 0.756 e. The minimum absolute atomic E-state index is 0.0200. The molecule has 0 spiro atoms. The smallest absolute Gasteiger partial charge is 0.268 e. The molecule has 0 aliphatic carbocycles. The van der Waals surface area contributed by atoms with Crippen molar-refractivity contribution in [1.82, 2.24) is 5.32 Å². The minimum Gasteiger partial charge on any atom is -0.756 e. The number of aliphatic hydroxyl groups is 1. The van der Waals surface area contributed by atoms with Gasteiger partial charge in [-0.25, -0.2) is 0 Å². The highest BCUT2D eigenvalue weighted by Gasteiger charge is 2.23. The van der Waals surface area contributed by atoms with Crippen LogP contribution in [-0.4, -0.2) is 68.5 Å². The Morgan fingerprint density at radius 2 is 0.729 bits per heavy atom. The first-order chi connectivity index (χ1) is 41.5. The molecule has 0 aliphatic heterocycles. The van der Waals surface area contributed by atoms with E-state index in [1.54, 1.807) is 6.08 Å². The van der Waals surface area contributed by atoms with Crippen LogP contribution in [0.15, 0.2) is 170 Å². The maximum Gasteiger partial charge on any atom is 0.268 e. The van der Waals surface area contributed by atoms with Gasteiger partial charge in [0.2, 0.25) is 5.91 Å². The fraction of sp³-hybridized carbons (Fsp3) is 0.618. The molecule has 0 bridgehead atoms. The quantitative estimate of drug-likeness (QED) is 0.0272. The normalized spacial score (nSPS) is 14.8. The third kappa shape index (κ3) is 67.2. The predicted octanol–water partition coefficient (Wildman–Crippen LogP) is 21.3. The second-order valence-electron chi connectivity index (χ2n) is 23.4. The molecule has 8 nitrogen and oxygen atoms in total. The first kappa shape index (κ1) is 80.9. The number of nitrogens with one attached hydrogen (secondary N) is 1. The van der Waals surface area contributed by atoms with Crippen LogP contribution in [0.25, 0.3) is 0 Å². The summed E-state index contributed by atoms with van der Waals surface area (Å²) >= 11 is 0. The summed E-state index contributed by atoms with van der Waals surface area (Å²) in [6, 6.07) is -0.930. The van der Waals surface area contributed by atoms with Gasteiger partial charge >= 0.3 is 0 Å². The van der Waals surface area contributed by atoms with Crippen molar-refractivity contribution in [1.29, 1.82) is 0 Å². The SMILES string of the molecule is CC/C=C\C/C=C\C/C=C\C/C=C\C/C=C\C/C=C\C/C=C\C/C=C\C/C=C\C/C=C\C/C=C\CCCCCCCCCC(=O)NC(COP(=O)([O-])OCC[N+](C)(C)C)C(O)/C=C/CC/C=C/CC/C=C/CCCCCCCCCCCCCC. The molecule has 0 aromatic heterocycles. The Bertz CT molecular complexity index is 1990. The fourth-order valence-electron chi connectivity index (χ4n) is 8.90. The molecule has 3 unspecified atom stereocenters. The van der Waals surface area contributed by atoms with Gasteiger partial charge in [0.05, 0.1) is 39.9 Å². The monoisotopic (exact) mass is 1190 g/mol. The molecule has 0 heterocycles. The summed E-state index contributed by atoms with van der Waals surface area (Å²) in [6.07, 6.45) is 102. The first-order valence-corrected chi connectivity index (χ1v) is 35.5. The number of quaternary nitrogens is 1. The van der Waals surface area contributed by atoms with Gasteiger partial charge < -0.3 is 28.8 Å². The van der Waals surface area contributed by atoms with Gasteiger partial charge in [-0.1, -0.05) is 287 Å². The number of carbonyl (C=O) groups excluding carboxylic acids is 1. The zero-order chi connectivity index (χ0) is 61.9. The third-order valence-electron chi connectivity index (χ3n) is 14.1. The third-order valence-corrected chi connectivity index (χ3v) is 15.1. The molecule has 0 fully saturated rings. The molecule has 0 radical (unpaired) electrons. The van der Waals surface area contributed by atoms with Gasteiger partial charge in [-0.2, -0.15) is 0 Å². The summed E-state index contributed by atoms with van der Waals surface area (Å²) in [5.74, 6) is -0.229. The fourth-order valence-corrected chi connectivity index (χ4v) is 9.62. The maximum absolute atomic E-state index is 13.0. The van der Waals surface area contributed by atoms with Gasteiger partial charge in [0.25, 0.3) is 7.82 Å². The lowest BCUT2D eigenvalue weighted by Crippen LogP contribution is -2.45. The van der Waals surface area contributed by atoms with E-state index in [2.05, 4.69) is 177 Å². The zero-order valence-electron chi connectivity index (χ0n) is 55.0. The lowest BCUT2D eigenvalue weighted by Gasteiger charge is -2.29. The van der Waals surface area contributed by atoms with Crippen LogP contribution in [0.5, 0.6) is 0 Å². The van der Waals surface area contributed by atoms with E-state index in [9.17, 15) is 19.4 Å². The average molecular weight is 1200 g/mol. The minimum atomic E-state index is -4.63. The Balaban J connectivity index is 4.22. The molecule has 3 atom stereocenters. The number of phosphoric ester groups is 1. The summed E-state index contributed by atoms with van der Waals surface area (Å²) in [4.78, 5) is 25.6. The number of hydrogen-bond acceptors (Lipinski definition) is 6. The molecule has 1 amide bonds. The number of amides is 1. The van der Waals surface area contributed by atoms with Crippen LogP contribution in [0.3, 0.4) is 0 Å². The lowest BCUT2D eigenvalue weighted by molar-refractivity contribution is -0.870. The Kier molecular flexibility index (Phi) is 61.2. The van der Waals surface area contributed by atoms with E-state index in [1.165, 1.54) is 103 Å². The van der Waals surface area contributed by atoms with Gasteiger partial charge in [-0.3, -0.25) is 9.36 Å². The second-order valence-corrected chi connectivity index (χ2v) is 24.8. The van der Waals surface area contributed by atoms with Crippen LogP contribution in [0.4, 0.5) is 0 Å². The molecule has 482 valence electrons. The van der Waals surface area contributed by atoms with E-state index in [-0.39, 0.29) is 12.5 Å². The van der Waals surface area contributed by atoms with Crippen molar-refractivity contribution in [3.05, 3.63) is 170 Å². The van der Waals surface area contributed by atoms with Gasteiger partial charge in [0.15, 0.2) is 0 Å². The molecule has 85 heavy (non-hydrogen) atoms. The number of nitrogens with zero attached hydrogens (tertiary/aromatic N) is 1. The summed E-state index contributed by atoms with van der Waals surface area (Å²) in [5.41, 5.74) is 0. The standard InChI is InChI=1S/C76H127N2O6P/c1-6-8-10-12-14-16-18-20-22-24-26-28-30-31-32-33-34-35-36-37-38-39-40-41-42-43-44-45-46-47-48-50-52-54-56-58-60-62-64-66-68-70-76(80)77-74(73-84-85(81,82)83-72-71-78(3,4)5)75(79)69-67-65-63-61-59-57-55-53-51-49-29-27-25-23-21-19-17-15-13-11-9-7-2/h8,10,14,16,20,22,26,28,31-32,34-35,37-38,40-41,43-44,46-47,50-53,59,61,67,69,74-75,79H,6-7,9,11-13,15,17-19,21,23-25,27,29-30,33,36,39,42,45,48-49,54-58,60,62-66,68,70-73H2,1-5H3,(H-,77,80,81,82)/b10-8-,16-14-,22-20-,28-26-,32-31-,35-34-,38-37-,41-40-,44-43-,47-46-,52-50-,53-51+,61-59+,69-67+. The van der Waals surface area contributed by atoms with Crippen molar-refractivity contribution in [2.45, 2.75) is 264 Å². The number of hydrogen-bond donors (Lipinski definition) is 2. The molecule has 0 rings (SSSR count).